The van der Waals surface area contributed by atoms with Crippen LogP contribution in [0.2, 0.25) is 5.02 Å². The Balaban J connectivity index is 1.99. The summed E-state index contributed by atoms with van der Waals surface area (Å²) in [7, 11) is 0. The van der Waals surface area contributed by atoms with E-state index in [-0.39, 0.29) is 11.5 Å². The maximum absolute atomic E-state index is 10.2. The van der Waals surface area contributed by atoms with Crippen molar-refractivity contribution in [1.29, 1.82) is 0 Å². The first kappa shape index (κ1) is 14.5. The van der Waals surface area contributed by atoms with Gasteiger partial charge in [0, 0.05) is 10.4 Å². The molecular weight excluding hydrogens is 292 g/mol. The zero-order valence-corrected chi connectivity index (χ0v) is 14.3. The number of aliphatic hydroxyl groups is 1. The van der Waals surface area contributed by atoms with Crippen molar-refractivity contribution in [2.75, 3.05) is 0 Å². The highest BCUT2D eigenvalue weighted by atomic mass is 35.5. The third-order valence-corrected chi connectivity index (χ3v) is 6.53. The van der Waals surface area contributed by atoms with Gasteiger partial charge in [-0.25, -0.2) is 0 Å². The van der Waals surface area contributed by atoms with Crippen LogP contribution < -0.4 is 0 Å². The van der Waals surface area contributed by atoms with E-state index >= 15 is 0 Å². The van der Waals surface area contributed by atoms with Crippen LogP contribution in [0.5, 0.6) is 0 Å². The fourth-order valence-electron chi connectivity index (χ4n) is 4.82. The highest BCUT2D eigenvalue weighted by Crippen LogP contribution is 2.57. The SMILES string of the molecule is Cc1cc2c(Cl)cc3c(c2cc1C)CC[C@@]1(C)C[C@@H](O)C[C@H]31. The van der Waals surface area contributed by atoms with E-state index in [1.54, 1.807) is 0 Å². The van der Waals surface area contributed by atoms with Crippen LogP contribution in [0, 0.1) is 19.3 Å². The van der Waals surface area contributed by atoms with Gasteiger partial charge < -0.3 is 5.11 Å². The quantitative estimate of drug-likeness (QED) is 0.699. The van der Waals surface area contributed by atoms with Gasteiger partial charge in [-0.3, -0.25) is 0 Å². The van der Waals surface area contributed by atoms with Gasteiger partial charge in [0.15, 0.2) is 0 Å². The van der Waals surface area contributed by atoms with E-state index in [1.807, 2.05) is 0 Å². The van der Waals surface area contributed by atoms with E-state index in [2.05, 4.69) is 39.0 Å². The fraction of sp³-hybridized carbons (Fsp3) is 0.500. The molecule has 0 unspecified atom stereocenters. The molecule has 0 aromatic heterocycles. The summed E-state index contributed by atoms with van der Waals surface area (Å²) in [5, 5.41) is 13.6. The Bertz CT molecular complexity index is 779. The zero-order chi connectivity index (χ0) is 15.6. The second kappa shape index (κ2) is 4.72. The minimum absolute atomic E-state index is 0.157. The molecule has 116 valence electrons. The molecule has 4 rings (SSSR count). The lowest BCUT2D eigenvalue weighted by molar-refractivity contribution is 0.159. The number of fused-ring (bicyclic) bond motifs is 5. The third kappa shape index (κ3) is 1.95. The second-order valence-electron chi connectivity index (χ2n) is 7.71. The Morgan fingerprint density at radius 2 is 1.82 bits per heavy atom. The van der Waals surface area contributed by atoms with Gasteiger partial charge in [-0.1, -0.05) is 24.6 Å². The molecule has 0 heterocycles. The van der Waals surface area contributed by atoms with Crippen LogP contribution in [0.4, 0.5) is 0 Å². The Morgan fingerprint density at radius 1 is 1.14 bits per heavy atom. The average molecular weight is 315 g/mol. The molecule has 1 fully saturated rings. The Labute approximate surface area is 137 Å². The fourth-order valence-corrected chi connectivity index (χ4v) is 5.09. The highest BCUT2D eigenvalue weighted by molar-refractivity contribution is 6.35. The molecule has 0 amide bonds. The van der Waals surface area contributed by atoms with Crippen LogP contribution in [0.15, 0.2) is 18.2 Å². The lowest BCUT2D eigenvalue weighted by Gasteiger charge is -2.38. The van der Waals surface area contributed by atoms with Crippen LogP contribution in [0.25, 0.3) is 10.8 Å². The number of benzene rings is 2. The molecule has 2 aromatic rings. The van der Waals surface area contributed by atoms with Crippen molar-refractivity contribution in [2.45, 2.75) is 58.5 Å². The van der Waals surface area contributed by atoms with Crippen molar-refractivity contribution in [1.82, 2.24) is 0 Å². The molecule has 2 aromatic carbocycles. The van der Waals surface area contributed by atoms with E-state index in [1.165, 1.54) is 39.4 Å². The first-order valence-electron chi connectivity index (χ1n) is 8.29. The van der Waals surface area contributed by atoms with Gasteiger partial charge >= 0.3 is 0 Å². The minimum Gasteiger partial charge on any atom is -0.393 e. The van der Waals surface area contributed by atoms with Crippen LogP contribution in [-0.2, 0) is 6.42 Å². The van der Waals surface area contributed by atoms with E-state index in [4.69, 9.17) is 11.6 Å². The van der Waals surface area contributed by atoms with Crippen molar-refractivity contribution in [3.05, 3.63) is 45.5 Å². The van der Waals surface area contributed by atoms with Gasteiger partial charge in [0.2, 0.25) is 0 Å². The summed E-state index contributed by atoms with van der Waals surface area (Å²) < 4.78 is 0. The number of rotatable bonds is 0. The molecule has 0 aliphatic heterocycles. The topological polar surface area (TPSA) is 20.2 Å². The summed E-state index contributed by atoms with van der Waals surface area (Å²) in [5.74, 6) is 0.453. The van der Waals surface area contributed by atoms with Crippen LogP contribution in [0.1, 0.15) is 54.4 Å². The number of hydrogen-bond donors (Lipinski definition) is 1. The van der Waals surface area contributed by atoms with Gasteiger partial charge in [0.25, 0.3) is 0 Å². The van der Waals surface area contributed by atoms with Crippen molar-refractivity contribution in [3.63, 3.8) is 0 Å². The molecule has 3 atom stereocenters. The molecule has 0 bridgehead atoms. The van der Waals surface area contributed by atoms with Crippen LogP contribution >= 0.6 is 11.6 Å². The zero-order valence-electron chi connectivity index (χ0n) is 13.5. The number of aliphatic hydroxyl groups excluding tert-OH is 1. The van der Waals surface area contributed by atoms with Crippen molar-refractivity contribution >= 4 is 22.4 Å². The summed E-state index contributed by atoms with van der Waals surface area (Å²) in [6.45, 7) is 6.67. The van der Waals surface area contributed by atoms with E-state index in [9.17, 15) is 5.11 Å². The number of hydrogen-bond acceptors (Lipinski definition) is 1. The summed E-state index contributed by atoms with van der Waals surface area (Å²) in [4.78, 5) is 0. The van der Waals surface area contributed by atoms with Crippen LogP contribution in [0.3, 0.4) is 0 Å². The molecule has 0 saturated heterocycles. The molecular formula is C20H23ClO. The molecule has 0 radical (unpaired) electrons. The highest BCUT2D eigenvalue weighted by Gasteiger charge is 2.47. The van der Waals surface area contributed by atoms with Crippen LogP contribution in [-0.4, -0.2) is 11.2 Å². The van der Waals surface area contributed by atoms with E-state index in [0.29, 0.717) is 5.92 Å². The maximum Gasteiger partial charge on any atom is 0.0551 e. The Morgan fingerprint density at radius 3 is 2.55 bits per heavy atom. The average Bonchev–Trinajstić information content (AvgIpc) is 2.76. The predicted molar refractivity (Wildman–Crippen MR) is 92.8 cm³/mol. The van der Waals surface area contributed by atoms with Gasteiger partial charge in [0.1, 0.15) is 0 Å². The Hall–Kier alpha value is -1.05. The minimum atomic E-state index is -0.157. The Kier molecular flexibility index (Phi) is 3.12. The summed E-state index contributed by atoms with van der Waals surface area (Å²) >= 11 is 6.63. The first-order chi connectivity index (χ1) is 10.4. The number of halogens is 1. The van der Waals surface area contributed by atoms with E-state index < -0.39 is 0 Å². The third-order valence-electron chi connectivity index (χ3n) is 6.22. The lowest BCUT2D eigenvalue weighted by Crippen LogP contribution is -2.26. The molecule has 1 nitrogen and oxygen atoms in total. The molecule has 2 aliphatic carbocycles. The van der Waals surface area contributed by atoms with E-state index in [0.717, 1.165) is 24.3 Å². The molecule has 2 aliphatic rings. The van der Waals surface area contributed by atoms with Gasteiger partial charge in [-0.05, 0) is 90.6 Å². The summed E-state index contributed by atoms with van der Waals surface area (Å²) in [6, 6.07) is 6.72. The van der Waals surface area contributed by atoms with Gasteiger partial charge in [0.05, 0.1) is 6.10 Å². The maximum atomic E-state index is 10.2. The molecule has 0 spiro atoms. The van der Waals surface area contributed by atoms with Gasteiger partial charge in [-0.2, -0.15) is 0 Å². The largest absolute Gasteiger partial charge is 0.393 e. The number of aryl methyl sites for hydroxylation is 3. The monoisotopic (exact) mass is 314 g/mol. The molecule has 1 N–H and O–H groups in total. The van der Waals surface area contributed by atoms with Crippen molar-refractivity contribution in [3.8, 4) is 0 Å². The lowest BCUT2D eigenvalue weighted by atomic mass is 9.66. The summed E-state index contributed by atoms with van der Waals surface area (Å²) in [6.07, 6.45) is 3.93. The smallest absolute Gasteiger partial charge is 0.0551 e. The van der Waals surface area contributed by atoms with Gasteiger partial charge in [-0.15, -0.1) is 0 Å². The normalized spacial score (nSPS) is 30.4. The summed E-state index contributed by atoms with van der Waals surface area (Å²) in [5.41, 5.74) is 5.73. The van der Waals surface area contributed by atoms with Crippen molar-refractivity contribution < 1.29 is 5.11 Å². The second-order valence-corrected chi connectivity index (χ2v) is 8.12. The first-order valence-corrected chi connectivity index (χ1v) is 8.67. The molecule has 1 saturated carbocycles. The standard InChI is InChI=1S/C20H23ClO/c1-11-6-15-14-4-5-20(3)10-13(22)8-18(20)16(14)9-19(21)17(15)7-12(11)2/h6-7,9,13,18,22H,4-5,8,10H2,1-3H3/t13-,18+,20-/m0/s1. The molecule has 22 heavy (non-hydrogen) atoms. The predicted octanol–water partition coefficient (Wildman–Crippen LogP) is 5.30. The van der Waals surface area contributed by atoms with Crippen molar-refractivity contribution in [2.24, 2.45) is 5.41 Å². The molecule has 2 heteroatoms.